The van der Waals surface area contributed by atoms with Crippen LogP contribution in [-0.2, 0) is 13.0 Å². The molecule has 1 fully saturated rings. The monoisotopic (exact) mass is 355 g/mol. The van der Waals surface area contributed by atoms with Crippen LogP contribution in [0.2, 0.25) is 0 Å². The molecule has 1 saturated heterocycles. The van der Waals surface area contributed by atoms with E-state index in [4.69, 9.17) is 4.74 Å². The van der Waals surface area contributed by atoms with Crippen molar-refractivity contribution in [2.45, 2.75) is 31.8 Å². The fraction of sp³-hybridized carbons (Fsp3) is 0.368. The third kappa shape index (κ3) is 3.32. The minimum atomic E-state index is -0.0401. The third-order valence-electron chi connectivity index (χ3n) is 4.88. The summed E-state index contributed by atoms with van der Waals surface area (Å²) in [5, 5.41) is 2.59. The third-order valence-corrected chi connectivity index (χ3v) is 5.69. The molecule has 3 aromatic rings. The summed E-state index contributed by atoms with van der Waals surface area (Å²) in [6.45, 7) is 1.72. The van der Waals surface area contributed by atoms with Gasteiger partial charge in [-0.2, -0.15) is 0 Å². The first-order valence-corrected chi connectivity index (χ1v) is 9.45. The molecular weight excluding hydrogens is 334 g/mol. The van der Waals surface area contributed by atoms with Crippen molar-refractivity contribution in [3.63, 3.8) is 0 Å². The van der Waals surface area contributed by atoms with Crippen molar-refractivity contribution in [1.82, 2.24) is 14.9 Å². The number of nitrogens with zero attached hydrogens (tertiary/aromatic N) is 2. The molecule has 1 aliphatic rings. The molecule has 0 spiro atoms. The van der Waals surface area contributed by atoms with Crippen molar-refractivity contribution in [1.29, 1.82) is 0 Å². The van der Waals surface area contributed by atoms with E-state index in [0.717, 1.165) is 35.8 Å². The van der Waals surface area contributed by atoms with Crippen LogP contribution in [0.5, 0.6) is 5.75 Å². The summed E-state index contributed by atoms with van der Waals surface area (Å²) < 4.78 is 5.49. The Morgan fingerprint density at radius 1 is 1.36 bits per heavy atom. The number of aromatic nitrogens is 2. The topological polar surface area (TPSA) is 58.2 Å². The highest BCUT2D eigenvalue weighted by Gasteiger charge is 2.26. The van der Waals surface area contributed by atoms with Crippen molar-refractivity contribution in [2.75, 3.05) is 13.7 Å². The van der Waals surface area contributed by atoms with Gasteiger partial charge in [0.1, 0.15) is 16.4 Å². The smallest absolute Gasteiger partial charge is 0.259 e. The number of hydrogen-bond donors (Lipinski definition) is 1. The van der Waals surface area contributed by atoms with Crippen LogP contribution < -0.4 is 10.3 Å². The van der Waals surface area contributed by atoms with E-state index in [0.29, 0.717) is 18.0 Å². The first kappa shape index (κ1) is 16.3. The van der Waals surface area contributed by atoms with Gasteiger partial charge in [-0.15, -0.1) is 11.3 Å². The molecule has 2 aromatic heterocycles. The SMILES string of the molecule is COc1ccccc1C[C@H]1CCCN1Cc1nc2sccc2c(=O)[nH]1. The number of ether oxygens (including phenoxy) is 1. The van der Waals surface area contributed by atoms with Gasteiger partial charge in [-0.1, -0.05) is 18.2 Å². The zero-order valence-corrected chi connectivity index (χ0v) is 15.0. The predicted molar refractivity (Wildman–Crippen MR) is 100 cm³/mol. The molecule has 0 saturated carbocycles. The molecule has 5 nitrogen and oxygen atoms in total. The largest absolute Gasteiger partial charge is 0.496 e. The fourth-order valence-corrected chi connectivity index (χ4v) is 4.42. The van der Waals surface area contributed by atoms with Crippen LogP contribution in [-0.4, -0.2) is 34.6 Å². The van der Waals surface area contributed by atoms with Gasteiger partial charge in [0.05, 0.1) is 19.0 Å². The lowest BCUT2D eigenvalue weighted by Crippen LogP contribution is -2.32. The lowest BCUT2D eigenvalue weighted by molar-refractivity contribution is 0.236. The van der Waals surface area contributed by atoms with Gasteiger partial charge in [0, 0.05) is 6.04 Å². The number of H-pyrrole nitrogens is 1. The normalized spacial score (nSPS) is 18.0. The number of benzene rings is 1. The van der Waals surface area contributed by atoms with E-state index in [9.17, 15) is 4.79 Å². The van der Waals surface area contributed by atoms with Crippen molar-refractivity contribution in [2.24, 2.45) is 0 Å². The highest BCUT2D eigenvalue weighted by atomic mass is 32.1. The van der Waals surface area contributed by atoms with E-state index in [1.807, 2.05) is 23.6 Å². The van der Waals surface area contributed by atoms with Crippen molar-refractivity contribution >= 4 is 21.6 Å². The second-order valence-corrected chi connectivity index (χ2v) is 7.33. The van der Waals surface area contributed by atoms with E-state index in [-0.39, 0.29) is 5.56 Å². The van der Waals surface area contributed by atoms with Crippen LogP contribution in [0.15, 0.2) is 40.5 Å². The van der Waals surface area contributed by atoms with Crippen LogP contribution in [0.25, 0.3) is 10.2 Å². The minimum absolute atomic E-state index is 0.0401. The number of thiophene rings is 1. The number of para-hydroxylation sites is 1. The van der Waals surface area contributed by atoms with Crippen molar-refractivity contribution in [3.05, 3.63) is 57.5 Å². The molecule has 1 aromatic carbocycles. The van der Waals surface area contributed by atoms with Gasteiger partial charge < -0.3 is 9.72 Å². The van der Waals surface area contributed by atoms with Crippen molar-refractivity contribution in [3.8, 4) is 5.75 Å². The van der Waals surface area contributed by atoms with E-state index >= 15 is 0 Å². The quantitative estimate of drug-likeness (QED) is 0.764. The Bertz CT molecular complexity index is 934. The Morgan fingerprint density at radius 2 is 2.24 bits per heavy atom. The number of hydrogen-bond acceptors (Lipinski definition) is 5. The van der Waals surface area contributed by atoms with Gasteiger partial charge in [0.2, 0.25) is 0 Å². The highest BCUT2D eigenvalue weighted by molar-refractivity contribution is 7.16. The van der Waals surface area contributed by atoms with E-state index in [2.05, 4.69) is 27.0 Å². The first-order valence-electron chi connectivity index (χ1n) is 8.57. The number of nitrogens with one attached hydrogen (secondary N) is 1. The van der Waals surface area contributed by atoms with Crippen LogP contribution in [0.3, 0.4) is 0 Å². The molecule has 0 bridgehead atoms. The van der Waals surface area contributed by atoms with Crippen LogP contribution >= 0.6 is 11.3 Å². The molecule has 3 heterocycles. The maximum atomic E-state index is 12.2. The number of aromatic amines is 1. The number of rotatable bonds is 5. The molecule has 25 heavy (non-hydrogen) atoms. The predicted octanol–water partition coefficient (Wildman–Crippen LogP) is 3.20. The van der Waals surface area contributed by atoms with Crippen LogP contribution in [0.4, 0.5) is 0 Å². The zero-order chi connectivity index (χ0) is 17.2. The second kappa shape index (κ2) is 6.98. The molecule has 0 radical (unpaired) electrons. The average molecular weight is 355 g/mol. The van der Waals surface area contributed by atoms with Gasteiger partial charge in [0.15, 0.2) is 0 Å². The lowest BCUT2D eigenvalue weighted by Gasteiger charge is -2.24. The standard InChI is InChI=1S/C19H21N3O2S/c1-24-16-7-3-2-5-13(16)11-14-6-4-9-22(14)12-17-20-18(23)15-8-10-25-19(15)21-17/h2-3,5,7-8,10,14H,4,6,9,11-12H2,1H3,(H,20,21,23)/t14-/m1/s1. The Hall–Kier alpha value is -2.18. The number of methoxy groups -OCH3 is 1. The van der Waals surface area contributed by atoms with Gasteiger partial charge in [0.25, 0.3) is 5.56 Å². The maximum Gasteiger partial charge on any atom is 0.259 e. The molecule has 0 aliphatic carbocycles. The molecule has 4 rings (SSSR count). The summed E-state index contributed by atoms with van der Waals surface area (Å²) in [6, 6.07) is 10.5. The minimum Gasteiger partial charge on any atom is -0.496 e. The fourth-order valence-electron chi connectivity index (χ4n) is 3.64. The summed E-state index contributed by atoms with van der Waals surface area (Å²) in [6.07, 6.45) is 3.28. The summed E-state index contributed by atoms with van der Waals surface area (Å²) in [4.78, 5) is 23.0. The summed E-state index contributed by atoms with van der Waals surface area (Å²) in [5.41, 5.74) is 1.19. The molecule has 0 unspecified atom stereocenters. The Labute approximate surface area is 150 Å². The molecule has 1 aliphatic heterocycles. The highest BCUT2D eigenvalue weighted by Crippen LogP contribution is 2.27. The van der Waals surface area contributed by atoms with Crippen LogP contribution in [0, 0.1) is 0 Å². The van der Waals surface area contributed by atoms with E-state index in [1.165, 1.54) is 23.3 Å². The molecule has 6 heteroatoms. The lowest BCUT2D eigenvalue weighted by atomic mass is 10.0. The van der Waals surface area contributed by atoms with E-state index < -0.39 is 0 Å². The zero-order valence-electron chi connectivity index (χ0n) is 14.2. The molecule has 1 N–H and O–H groups in total. The van der Waals surface area contributed by atoms with E-state index in [1.54, 1.807) is 7.11 Å². The summed E-state index contributed by atoms with van der Waals surface area (Å²) >= 11 is 1.52. The van der Waals surface area contributed by atoms with Gasteiger partial charge in [-0.3, -0.25) is 9.69 Å². The average Bonchev–Trinajstić information content (AvgIpc) is 3.25. The molecule has 1 atom stereocenters. The molecule has 130 valence electrons. The number of likely N-dealkylation sites (tertiary alicyclic amines) is 1. The first-order chi connectivity index (χ1) is 12.2. The van der Waals surface area contributed by atoms with Crippen LogP contribution in [0.1, 0.15) is 24.2 Å². The molecule has 0 amide bonds. The second-order valence-electron chi connectivity index (χ2n) is 6.43. The van der Waals surface area contributed by atoms with Gasteiger partial charge in [-0.05, 0) is 48.9 Å². The summed E-state index contributed by atoms with van der Waals surface area (Å²) in [5.74, 6) is 1.70. The Morgan fingerprint density at radius 3 is 3.12 bits per heavy atom. The summed E-state index contributed by atoms with van der Waals surface area (Å²) in [7, 11) is 1.72. The van der Waals surface area contributed by atoms with Gasteiger partial charge in [-0.25, -0.2) is 4.98 Å². The number of fused-ring (bicyclic) bond motifs is 1. The molecular formula is C19H21N3O2S. The Kier molecular flexibility index (Phi) is 4.55. The van der Waals surface area contributed by atoms with Crippen molar-refractivity contribution < 1.29 is 4.74 Å². The Balaban J connectivity index is 1.53. The van der Waals surface area contributed by atoms with Gasteiger partial charge >= 0.3 is 0 Å². The maximum absolute atomic E-state index is 12.2.